The van der Waals surface area contributed by atoms with Gasteiger partial charge in [-0.3, -0.25) is 9.69 Å². The molecular formula is C19H24ClN3O4. The van der Waals surface area contributed by atoms with Crippen molar-refractivity contribution in [2.45, 2.75) is 31.7 Å². The third-order valence-corrected chi connectivity index (χ3v) is 5.30. The van der Waals surface area contributed by atoms with Gasteiger partial charge in [-0.05, 0) is 37.9 Å². The van der Waals surface area contributed by atoms with Gasteiger partial charge in [-0.2, -0.15) is 0 Å². The van der Waals surface area contributed by atoms with E-state index < -0.39 is 5.97 Å². The molecule has 1 fully saturated rings. The van der Waals surface area contributed by atoms with Gasteiger partial charge in [-0.1, -0.05) is 24.1 Å². The maximum atomic E-state index is 12.7. The lowest BCUT2D eigenvalue weighted by Gasteiger charge is -2.34. The Labute approximate surface area is 162 Å². The van der Waals surface area contributed by atoms with Crippen molar-refractivity contribution in [1.29, 1.82) is 0 Å². The Kier molecular flexibility index (Phi) is 6.36. The molecule has 7 nitrogen and oxygen atoms in total. The van der Waals surface area contributed by atoms with E-state index >= 15 is 0 Å². The number of amides is 1. The van der Waals surface area contributed by atoms with Crippen molar-refractivity contribution in [3.63, 3.8) is 0 Å². The molecule has 1 aromatic carbocycles. The number of esters is 1. The Morgan fingerprint density at radius 1 is 1.41 bits per heavy atom. The molecule has 0 saturated carbocycles. The standard InChI is InChI=1S/C19H24ClN3O4/c1-27-19(26)18-17(16-13(20)6-4-7-14(16)21-18)22-15(25)11-23-9-3-2-5-12(23)8-10-24/h4,6-7,12,21,24H,2-3,5,8-11H2,1H3,(H,22,25). The zero-order chi connectivity index (χ0) is 19.4. The fraction of sp³-hybridized carbons (Fsp3) is 0.474. The molecule has 8 heteroatoms. The van der Waals surface area contributed by atoms with Crippen molar-refractivity contribution < 1.29 is 19.4 Å². The molecule has 3 rings (SSSR count). The number of ether oxygens (including phenoxy) is 1. The van der Waals surface area contributed by atoms with E-state index in [9.17, 15) is 14.7 Å². The van der Waals surface area contributed by atoms with Crippen molar-refractivity contribution in [3.05, 3.63) is 28.9 Å². The zero-order valence-electron chi connectivity index (χ0n) is 15.3. The molecule has 0 aliphatic carbocycles. The number of hydrogen-bond acceptors (Lipinski definition) is 5. The van der Waals surface area contributed by atoms with Crippen LogP contribution >= 0.6 is 11.6 Å². The number of benzene rings is 1. The Bertz CT molecular complexity index is 834. The molecule has 1 aliphatic heterocycles. The summed E-state index contributed by atoms with van der Waals surface area (Å²) < 4.78 is 4.82. The quantitative estimate of drug-likeness (QED) is 0.656. The minimum absolute atomic E-state index is 0.104. The molecule has 1 atom stereocenters. The summed E-state index contributed by atoms with van der Waals surface area (Å²) >= 11 is 6.30. The van der Waals surface area contributed by atoms with Crippen LogP contribution in [0.3, 0.4) is 0 Å². The highest BCUT2D eigenvalue weighted by Gasteiger charge is 2.26. The maximum absolute atomic E-state index is 12.7. The average Bonchev–Trinajstić information content (AvgIpc) is 3.02. The Morgan fingerprint density at radius 2 is 2.22 bits per heavy atom. The number of aliphatic hydroxyl groups is 1. The summed E-state index contributed by atoms with van der Waals surface area (Å²) in [6, 6.07) is 5.45. The molecule has 146 valence electrons. The second kappa shape index (κ2) is 8.73. The van der Waals surface area contributed by atoms with Gasteiger partial charge in [0.1, 0.15) is 5.69 Å². The highest BCUT2D eigenvalue weighted by molar-refractivity contribution is 6.37. The summed E-state index contributed by atoms with van der Waals surface area (Å²) in [7, 11) is 1.29. The number of aromatic amines is 1. The first kappa shape index (κ1) is 19.7. The number of methoxy groups -OCH3 is 1. The molecule has 1 unspecified atom stereocenters. The van der Waals surface area contributed by atoms with Crippen LogP contribution in [0.2, 0.25) is 5.02 Å². The number of aromatic nitrogens is 1. The van der Waals surface area contributed by atoms with Crippen molar-refractivity contribution in [2.75, 3.05) is 32.1 Å². The number of carbonyl (C=O) groups is 2. The Morgan fingerprint density at radius 3 is 2.96 bits per heavy atom. The van der Waals surface area contributed by atoms with E-state index in [1.54, 1.807) is 18.2 Å². The summed E-state index contributed by atoms with van der Waals surface area (Å²) in [5, 5.41) is 13.1. The summed E-state index contributed by atoms with van der Waals surface area (Å²) in [4.78, 5) is 29.9. The van der Waals surface area contributed by atoms with Crippen LogP contribution in [0.1, 0.15) is 36.2 Å². The van der Waals surface area contributed by atoms with Crippen LogP contribution in [0, 0.1) is 0 Å². The van der Waals surface area contributed by atoms with Gasteiger partial charge in [0.05, 0.1) is 24.4 Å². The van der Waals surface area contributed by atoms with Gasteiger partial charge < -0.3 is 20.1 Å². The molecule has 3 N–H and O–H groups in total. The van der Waals surface area contributed by atoms with Crippen molar-refractivity contribution in [2.24, 2.45) is 0 Å². The van der Waals surface area contributed by atoms with Crippen LogP contribution in [0.5, 0.6) is 0 Å². The fourth-order valence-electron chi connectivity index (χ4n) is 3.69. The number of aliphatic hydroxyl groups excluding tert-OH is 1. The van der Waals surface area contributed by atoms with Crippen LogP contribution < -0.4 is 5.32 Å². The first-order valence-electron chi connectivity index (χ1n) is 9.08. The zero-order valence-corrected chi connectivity index (χ0v) is 16.0. The molecule has 0 spiro atoms. The summed E-state index contributed by atoms with van der Waals surface area (Å²) in [6.45, 7) is 1.12. The minimum Gasteiger partial charge on any atom is -0.464 e. The van der Waals surface area contributed by atoms with E-state index in [1.165, 1.54) is 7.11 Å². The number of piperidine rings is 1. The maximum Gasteiger partial charge on any atom is 0.356 e. The predicted octanol–water partition coefficient (Wildman–Crippen LogP) is 2.78. The molecule has 1 aromatic heterocycles. The second-order valence-electron chi connectivity index (χ2n) is 6.71. The van der Waals surface area contributed by atoms with Gasteiger partial charge >= 0.3 is 5.97 Å². The SMILES string of the molecule is COC(=O)c1[nH]c2cccc(Cl)c2c1NC(=O)CN1CCCCC1CCO. The highest BCUT2D eigenvalue weighted by atomic mass is 35.5. The summed E-state index contributed by atoms with van der Waals surface area (Å²) in [5.41, 5.74) is 1.15. The molecule has 1 amide bonds. The third-order valence-electron chi connectivity index (χ3n) is 4.99. The van der Waals surface area contributed by atoms with E-state index in [1.807, 2.05) is 0 Å². The summed E-state index contributed by atoms with van der Waals surface area (Å²) in [6.07, 6.45) is 3.76. The predicted molar refractivity (Wildman–Crippen MR) is 104 cm³/mol. The normalized spacial score (nSPS) is 17.8. The second-order valence-corrected chi connectivity index (χ2v) is 7.12. The molecule has 2 heterocycles. The van der Waals surface area contributed by atoms with Crippen LogP contribution in [-0.4, -0.2) is 59.7 Å². The van der Waals surface area contributed by atoms with E-state index in [-0.39, 0.29) is 30.8 Å². The number of nitrogens with zero attached hydrogens (tertiary/aromatic N) is 1. The Hall–Kier alpha value is -2.09. The number of rotatable bonds is 6. The van der Waals surface area contributed by atoms with Crippen LogP contribution in [0.25, 0.3) is 10.9 Å². The van der Waals surface area contributed by atoms with Gasteiger partial charge in [0.25, 0.3) is 0 Å². The van der Waals surface area contributed by atoms with Gasteiger partial charge in [0.2, 0.25) is 5.91 Å². The van der Waals surface area contributed by atoms with E-state index in [4.69, 9.17) is 16.3 Å². The van der Waals surface area contributed by atoms with Crippen molar-refractivity contribution in [3.8, 4) is 0 Å². The number of fused-ring (bicyclic) bond motifs is 1. The van der Waals surface area contributed by atoms with Gasteiger partial charge in [0.15, 0.2) is 0 Å². The average molecular weight is 394 g/mol. The van der Waals surface area contributed by atoms with Crippen LogP contribution in [0.15, 0.2) is 18.2 Å². The molecule has 0 bridgehead atoms. The first-order valence-corrected chi connectivity index (χ1v) is 9.46. The monoisotopic (exact) mass is 393 g/mol. The number of halogens is 1. The number of hydrogen-bond donors (Lipinski definition) is 3. The number of carbonyl (C=O) groups excluding carboxylic acids is 2. The fourth-order valence-corrected chi connectivity index (χ4v) is 3.96. The molecule has 1 saturated heterocycles. The molecule has 27 heavy (non-hydrogen) atoms. The molecule has 0 radical (unpaired) electrons. The lowest BCUT2D eigenvalue weighted by atomic mass is 9.99. The van der Waals surface area contributed by atoms with Crippen molar-refractivity contribution in [1.82, 2.24) is 9.88 Å². The Balaban J connectivity index is 1.84. The summed E-state index contributed by atoms with van der Waals surface area (Å²) in [5.74, 6) is -0.806. The smallest absolute Gasteiger partial charge is 0.356 e. The number of likely N-dealkylation sites (tertiary alicyclic amines) is 1. The molecular weight excluding hydrogens is 370 g/mol. The van der Waals surface area contributed by atoms with E-state index in [0.29, 0.717) is 28.0 Å². The topological polar surface area (TPSA) is 94.7 Å². The number of anilines is 1. The van der Waals surface area contributed by atoms with Crippen LogP contribution in [0.4, 0.5) is 5.69 Å². The van der Waals surface area contributed by atoms with Gasteiger partial charge in [0, 0.05) is 23.6 Å². The highest BCUT2D eigenvalue weighted by Crippen LogP contribution is 2.34. The largest absolute Gasteiger partial charge is 0.464 e. The van der Waals surface area contributed by atoms with E-state index in [2.05, 4.69) is 15.2 Å². The minimum atomic E-state index is -0.575. The third kappa shape index (κ3) is 4.26. The lowest BCUT2D eigenvalue weighted by Crippen LogP contribution is -2.44. The number of nitrogens with one attached hydrogen (secondary N) is 2. The first-order chi connectivity index (χ1) is 13.0. The van der Waals surface area contributed by atoms with Gasteiger partial charge in [-0.15, -0.1) is 0 Å². The van der Waals surface area contributed by atoms with Gasteiger partial charge in [-0.25, -0.2) is 4.79 Å². The van der Waals surface area contributed by atoms with E-state index in [0.717, 1.165) is 25.8 Å². The van der Waals surface area contributed by atoms with Crippen molar-refractivity contribution >= 4 is 40.1 Å². The molecule has 1 aliphatic rings. The lowest BCUT2D eigenvalue weighted by molar-refractivity contribution is -0.118. The number of H-pyrrole nitrogens is 1. The molecule has 2 aromatic rings. The van der Waals surface area contributed by atoms with Crippen LogP contribution in [-0.2, 0) is 9.53 Å².